The number of rotatable bonds is 5. The van der Waals surface area contributed by atoms with Gasteiger partial charge in [-0.15, -0.1) is 0 Å². The van der Waals surface area contributed by atoms with Gasteiger partial charge >= 0.3 is 6.03 Å². The fraction of sp³-hybridized carbons (Fsp3) is 0.500. The van der Waals surface area contributed by atoms with Crippen molar-refractivity contribution in [3.63, 3.8) is 0 Å². The van der Waals surface area contributed by atoms with Gasteiger partial charge < -0.3 is 14.8 Å². The smallest absolute Gasteiger partial charge is 0.325 e. The average molecular weight is 371 g/mol. The second-order valence-electron chi connectivity index (χ2n) is 6.17. The van der Waals surface area contributed by atoms with E-state index in [1.165, 1.54) is 4.90 Å². The van der Waals surface area contributed by atoms with Crippen LogP contribution in [-0.2, 0) is 10.5 Å². The minimum atomic E-state index is -0.814. The Morgan fingerprint density at radius 1 is 1.29 bits per heavy atom. The Morgan fingerprint density at radius 2 is 2.04 bits per heavy atom. The van der Waals surface area contributed by atoms with Gasteiger partial charge in [-0.25, -0.2) is 4.79 Å². The number of fused-ring (bicyclic) bond motifs is 1. The molecule has 0 aromatic heterocycles. The van der Waals surface area contributed by atoms with Crippen molar-refractivity contribution in [2.75, 3.05) is 25.5 Å². The fourth-order valence-electron chi connectivity index (χ4n) is 2.61. The first-order valence-corrected chi connectivity index (χ1v) is 9.21. The molecule has 6 nitrogen and oxygen atoms in total. The molecule has 1 aromatic carbocycles. The summed E-state index contributed by atoms with van der Waals surface area (Å²) in [6.45, 7) is 4.82. The molecule has 1 N–H and O–H groups in total. The highest BCUT2D eigenvalue weighted by atomic mass is 35.5. The second kappa shape index (κ2) is 6.72. The van der Waals surface area contributed by atoms with E-state index in [2.05, 4.69) is 5.32 Å². The maximum Gasteiger partial charge on any atom is 0.325 e. The molecule has 2 aliphatic heterocycles. The van der Waals surface area contributed by atoms with E-state index in [1.54, 1.807) is 25.6 Å². The number of ether oxygens (including phenoxy) is 2. The van der Waals surface area contributed by atoms with Gasteiger partial charge in [-0.3, -0.25) is 9.69 Å². The predicted octanol–water partition coefficient (Wildman–Crippen LogP) is 2.67. The summed E-state index contributed by atoms with van der Waals surface area (Å²) in [5.41, 5.74) is 0.206. The van der Waals surface area contributed by atoms with Gasteiger partial charge in [-0.2, -0.15) is 11.8 Å². The van der Waals surface area contributed by atoms with Gasteiger partial charge in [0.05, 0.1) is 5.02 Å². The molecule has 130 valence electrons. The molecule has 1 saturated heterocycles. The van der Waals surface area contributed by atoms with Gasteiger partial charge in [0.2, 0.25) is 0 Å². The largest absolute Gasteiger partial charge is 0.486 e. The van der Waals surface area contributed by atoms with Crippen LogP contribution in [0.5, 0.6) is 11.5 Å². The first-order valence-electron chi connectivity index (χ1n) is 7.68. The molecule has 8 heteroatoms. The number of carbonyl (C=O) groups is 2. The Morgan fingerprint density at radius 3 is 2.75 bits per heavy atom. The number of halogens is 1. The molecule has 0 unspecified atom stereocenters. The number of thioether (sulfide) groups is 1. The first kappa shape index (κ1) is 17.2. The average Bonchev–Trinajstić information content (AvgIpc) is 2.72. The van der Waals surface area contributed by atoms with Gasteiger partial charge in [-0.05, 0) is 31.5 Å². The van der Waals surface area contributed by atoms with Crippen LogP contribution >= 0.6 is 23.4 Å². The molecule has 2 heterocycles. The van der Waals surface area contributed by atoms with Crippen molar-refractivity contribution < 1.29 is 19.1 Å². The van der Waals surface area contributed by atoms with Crippen LogP contribution in [0.3, 0.4) is 0 Å². The molecular weight excluding hydrogens is 352 g/mol. The van der Waals surface area contributed by atoms with Crippen LogP contribution in [0.15, 0.2) is 12.1 Å². The highest BCUT2D eigenvalue weighted by molar-refractivity contribution is 7.98. The lowest BCUT2D eigenvalue weighted by atomic mass is 10.1. The van der Waals surface area contributed by atoms with Crippen molar-refractivity contribution >= 4 is 35.3 Å². The van der Waals surface area contributed by atoms with E-state index in [0.29, 0.717) is 47.8 Å². The van der Waals surface area contributed by atoms with Crippen molar-refractivity contribution in [3.05, 3.63) is 22.7 Å². The zero-order valence-electron chi connectivity index (χ0n) is 13.6. The molecule has 2 aliphatic rings. The summed E-state index contributed by atoms with van der Waals surface area (Å²) in [5, 5.41) is 3.21. The Hall–Kier alpha value is -1.60. The third kappa shape index (κ3) is 3.42. The van der Waals surface area contributed by atoms with E-state index in [9.17, 15) is 9.59 Å². The summed E-state index contributed by atoms with van der Waals surface area (Å²) in [6, 6.07) is 3.45. The molecule has 1 aromatic rings. The van der Waals surface area contributed by atoms with E-state index in [4.69, 9.17) is 21.1 Å². The Kier molecular flexibility index (Phi) is 4.83. The van der Waals surface area contributed by atoms with Crippen LogP contribution in [0.4, 0.5) is 4.79 Å². The molecule has 0 atom stereocenters. The van der Waals surface area contributed by atoms with Crippen LogP contribution < -0.4 is 14.8 Å². The summed E-state index contributed by atoms with van der Waals surface area (Å²) in [7, 11) is 0. The Balaban J connectivity index is 1.53. The summed E-state index contributed by atoms with van der Waals surface area (Å²) in [4.78, 5) is 25.2. The number of nitrogens with one attached hydrogen (secondary N) is 1. The molecule has 0 radical (unpaired) electrons. The standard InChI is InChI=1S/C16H19ClN2O4S/c1-16(2)14(20)19(15(21)18-16)3-6-24-9-10-7-11(17)13-12(8-10)22-4-5-23-13/h7-8H,3-6,9H2,1-2H3,(H,18,21). The summed E-state index contributed by atoms with van der Waals surface area (Å²) < 4.78 is 11.1. The van der Waals surface area contributed by atoms with Gasteiger partial charge in [0, 0.05) is 18.1 Å². The van der Waals surface area contributed by atoms with E-state index >= 15 is 0 Å². The van der Waals surface area contributed by atoms with Crippen LogP contribution in [0.1, 0.15) is 19.4 Å². The van der Waals surface area contributed by atoms with Crippen LogP contribution in [0.2, 0.25) is 5.02 Å². The maximum absolute atomic E-state index is 12.1. The summed E-state index contributed by atoms with van der Waals surface area (Å²) >= 11 is 7.84. The minimum absolute atomic E-state index is 0.185. The minimum Gasteiger partial charge on any atom is -0.486 e. The van der Waals surface area contributed by atoms with Gasteiger partial charge in [-0.1, -0.05) is 11.6 Å². The van der Waals surface area contributed by atoms with E-state index in [0.717, 1.165) is 5.56 Å². The lowest BCUT2D eigenvalue weighted by Gasteiger charge is -2.20. The van der Waals surface area contributed by atoms with Crippen LogP contribution in [0.25, 0.3) is 0 Å². The number of urea groups is 1. The molecule has 1 fully saturated rings. The lowest BCUT2D eigenvalue weighted by Crippen LogP contribution is -2.40. The summed E-state index contributed by atoms with van der Waals surface area (Å²) in [5.74, 6) is 2.44. The Labute approximate surface area is 149 Å². The predicted molar refractivity (Wildman–Crippen MR) is 92.9 cm³/mol. The van der Waals surface area contributed by atoms with E-state index in [1.807, 2.05) is 12.1 Å². The highest BCUT2D eigenvalue weighted by Gasteiger charge is 2.43. The number of nitrogens with zero attached hydrogens (tertiary/aromatic N) is 1. The zero-order chi connectivity index (χ0) is 17.3. The molecule has 0 aliphatic carbocycles. The Bertz CT molecular complexity index is 680. The maximum atomic E-state index is 12.1. The first-order chi connectivity index (χ1) is 11.4. The fourth-order valence-corrected chi connectivity index (χ4v) is 3.76. The molecule has 3 amide bonds. The quantitative estimate of drug-likeness (QED) is 0.637. The van der Waals surface area contributed by atoms with Gasteiger partial charge in [0.15, 0.2) is 11.5 Å². The zero-order valence-corrected chi connectivity index (χ0v) is 15.1. The number of carbonyl (C=O) groups excluding carboxylic acids is 2. The lowest BCUT2D eigenvalue weighted by molar-refractivity contribution is -0.130. The molecule has 0 spiro atoms. The molecule has 0 saturated carbocycles. The number of amides is 3. The monoisotopic (exact) mass is 370 g/mol. The number of imide groups is 1. The highest BCUT2D eigenvalue weighted by Crippen LogP contribution is 2.39. The molecule has 24 heavy (non-hydrogen) atoms. The third-order valence-corrected chi connectivity index (χ3v) is 5.12. The van der Waals surface area contributed by atoms with Crippen molar-refractivity contribution in [1.82, 2.24) is 10.2 Å². The third-order valence-electron chi connectivity index (χ3n) is 3.83. The SMILES string of the molecule is CC1(C)NC(=O)N(CCSCc2cc(Cl)c3c(c2)OCCO3)C1=O. The van der Waals surface area contributed by atoms with Crippen molar-refractivity contribution in [3.8, 4) is 11.5 Å². The second-order valence-corrected chi connectivity index (χ2v) is 7.68. The van der Waals surface area contributed by atoms with Gasteiger partial charge in [0.25, 0.3) is 5.91 Å². The number of hydrogen-bond donors (Lipinski definition) is 1. The van der Waals surface area contributed by atoms with Gasteiger partial charge in [0.1, 0.15) is 18.8 Å². The topological polar surface area (TPSA) is 67.9 Å². The molecule has 3 rings (SSSR count). The van der Waals surface area contributed by atoms with Crippen molar-refractivity contribution in [2.45, 2.75) is 25.1 Å². The van der Waals surface area contributed by atoms with Crippen molar-refractivity contribution in [1.29, 1.82) is 0 Å². The van der Waals surface area contributed by atoms with E-state index in [-0.39, 0.29) is 11.9 Å². The number of benzene rings is 1. The molecule has 0 bridgehead atoms. The van der Waals surface area contributed by atoms with Crippen LogP contribution in [-0.4, -0.2) is 47.9 Å². The normalized spacial score (nSPS) is 18.7. The summed E-state index contributed by atoms with van der Waals surface area (Å²) in [6.07, 6.45) is 0. The van der Waals surface area contributed by atoms with E-state index < -0.39 is 5.54 Å². The van der Waals surface area contributed by atoms with Crippen LogP contribution in [0, 0.1) is 0 Å². The number of hydrogen-bond acceptors (Lipinski definition) is 5. The van der Waals surface area contributed by atoms with Crippen molar-refractivity contribution in [2.24, 2.45) is 0 Å². The molecular formula is C16H19ClN2O4S.